The molecule has 0 fully saturated rings. The molecule has 0 aliphatic rings. The molecule has 2 aromatic carbocycles. The molecule has 3 N–H and O–H groups in total. The van der Waals surface area contributed by atoms with Crippen LogP contribution in [-0.4, -0.2) is 12.5 Å². The largest absolute Gasteiger partial charge is 0.484 e. The second kappa shape index (κ2) is 6.42. The first-order valence-corrected chi connectivity index (χ1v) is 6.75. The zero-order valence-electron chi connectivity index (χ0n) is 10.1. The summed E-state index contributed by atoms with van der Waals surface area (Å²) < 4.78 is 6.50. The summed E-state index contributed by atoms with van der Waals surface area (Å²) in [5.74, 6) is 0.469. The summed E-state index contributed by atoms with van der Waals surface area (Å²) in [6.07, 6.45) is 0. The molecule has 5 heteroatoms. The lowest BCUT2D eigenvalue weighted by molar-refractivity contribution is -0.118. The van der Waals surface area contributed by atoms with E-state index in [9.17, 15) is 4.79 Å². The number of hydrogen-bond acceptors (Lipinski definition) is 3. The van der Waals surface area contributed by atoms with Gasteiger partial charge in [0.05, 0.1) is 0 Å². The standard InChI is InChI=1S/C14H13IN2O2/c15-10-1-7-13(8-2-10)19-9-14(18)17-12-5-3-11(16)4-6-12/h1-8H,9,16H2,(H,17,18). The zero-order chi connectivity index (χ0) is 13.7. The smallest absolute Gasteiger partial charge is 0.262 e. The summed E-state index contributed by atoms with van der Waals surface area (Å²) in [6, 6.07) is 14.5. The molecule has 0 radical (unpaired) electrons. The van der Waals surface area contributed by atoms with Crippen molar-refractivity contribution in [3.8, 4) is 5.75 Å². The fraction of sp³-hybridized carbons (Fsp3) is 0.0714. The number of carbonyl (C=O) groups is 1. The molecule has 0 saturated heterocycles. The normalized spacial score (nSPS) is 9.95. The molecule has 19 heavy (non-hydrogen) atoms. The van der Waals surface area contributed by atoms with Gasteiger partial charge in [0.15, 0.2) is 6.61 Å². The Balaban J connectivity index is 1.84. The number of carbonyl (C=O) groups excluding carboxylic acids is 1. The molecule has 1 amide bonds. The van der Waals surface area contributed by atoms with Crippen LogP contribution in [-0.2, 0) is 4.79 Å². The van der Waals surface area contributed by atoms with E-state index in [0.29, 0.717) is 17.1 Å². The molecule has 0 unspecified atom stereocenters. The van der Waals surface area contributed by atoms with Crippen LogP contribution in [0.15, 0.2) is 48.5 Å². The minimum Gasteiger partial charge on any atom is -0.484 e. The number of benzene rings is 2. The van der Waals surface area contributed by atoms with Gasteiger partial charge in [0.2, 0.25) is 0 Å². The number of amides is 1. The van der Waals surface area contributed by atoms with Crippen molar-refractivity contribution >= 4 is 39.9 Å². The van der Waals surface area contributed by atoms with E-state index in [1.54, 1.807) is 24.3 Å². The van der Waals surface area contributed by atoms with Crippen molar-refractivity contribution in [3.05, 3.63) is 52.1 Å². The Morgan fingerprint density at radius 1 is 1.11 bits per heavy atom. The number of ether oxygens (including phenoxy) is 1. The number of rotatable bonds is 4. The molecule has 0 aliphatic carbocycles. The highest BCUT2D eigenvalue weighted by atomic mass is 127. The maximum Gasteiger partial charge on any atom is 0.262 e. The zero-order valence-corrected chi connectivity index (χ0v) is 12.3. The van der Waals surface area contributed by atoms with Crippen LogP contribution >= 0.6 is 22.6 Å². The number of anilines is 2. The molecule has 2 aromatic rings. The molecule has 0 bridgehead atoms. The first kappa shape index (κ1) is 13.7. The lowest BCUT2D eigenvalue weighted by Crippen LogP contribution is -2.20. The molecule has 2 rings (SSSR count). The Kier molecular flexibility index (Phi) is 4.62. The summed E-state index contributed by atoms with van der Waals surface area (Å²) in [5, 5.41) is 2.73. The van der Waals surface area contributed by atoms with Gasteiger partial charge in [-0.1, -0.05) is 0 Å². The molecule has 0 aliphatic heterocycles. The second-order valence-electron chi connectivity index (χ2n) is 3.91. The minimum atomic E-state index is -0.205. The average Bonchev–Trinajstić information content (AvgIpc) is 2.41. The average molecular weight is 368 g/mol. The lowest BCUT2D eigenvalue weighted by Gasteiger charge is -2.07. The molecule has 98 valence electrons. The van der Waals surface area contributed by atoms with Crippen LogP contribution in [0.4, 0.5) is 11.4 Å². The van der Waals surface area contributed by atoms with Crippen LogP contribution in [0.25, 0.3) is 0 Å². The van der Waals surface area contributed by atoms with Gasteiger partial charge in [-0.25, -0.2) is 0 Å². The highest BCUT2D eigenvalue weighted by molar-refractivity contribution is 14.1. The van der Waals surface area contributed by atoms with E-state index in [1.165, 1.54) is 0 Å². The van der Waals surface area contributed by atoms with Gasteiger partial charge in [-0.05, 0) is 71.1 Å². The van der Waals surface area contributed by atoms with Gasteiger partial charge >= 0.3 is 0 Å². The van der Waals surface area contributed by atoms with Crippen LogP contribution in [0.3, 0.4) is 0 Å². The van der Waals surface area contributed by atoms with E-state index < -0.39 is 0 Å². The number of nitrogens with one attached hydrogen (secondary N) is 1. The molecule has 0 spiro atoms. The Morgan fingerprint density at radius 2 is 1.74 bits per heavy atom. The van der Waals surface area contributed by atoms with Crippen LogP contribution < -0.4 is 15.8 Å². The first-order chi connectivity index (χ1) is 9.13. The summed E-state index contributed by atoms with van der Waals surface area (Å²) in [4.78, 5) is 11.7. The fourth-order valence-electron chi connectivity index (χ4n) is 1.44. The van der Waals surface area contributed by atoms with E-state index in [4.69, 9.17) is 10.5 Å². The maximum absolute atomic E-state index is 11.7. The highest BCUT2D eigenvalue weighted by Gasteiger charge is 2.03. The van der Waals surface area contributed by atoms with E-state index in [-0.39, 0.29) is 12.5 Å². The van der Waals surface area contributed by atoms with Gasteiger partial charge in [-0.2, -0.15) is 0 Å². The van der Waals surface area contributed by atoms with Crippen molar-refractivity contribution in [3.63, 3.8) is 0 Å². The van der Waals surface area contributed by atoms with E-state index in [2.05, 4.69) is 27.9 Å². The maximum atomic E-state index is 11.7. The van der Waals surface area contributed by atoms with Crippen LogP contribution in [0.2, 0.25) is 0 Å². The van der Waals surface area contributed by atoms with Crippen molar-refractivity contribution in [2.24, 2.45) is 0 Å². The van der Waals surface area contributed by atoms with Crippen molar-refractivity contribution < 1.29 is 9.53 Å². The summed E-state index contributed by atoms with van der Waals surface area (Å²) in [7, 11) is 0. The number of nitrogens with two attached hydrogens (primary N) is 1. The van der Waals surface area contributed by atoms with Crippen molar-refractivity contribution in [2.45, 2.75) is 0 Å². The fourth-order valence-corrected chi connectivity index (χ4v) is 1.80. The molecule has 0 aromatic heterocycles. The van der Waals surface area contributed by atoms with Crippen molar-refractivity contribution in [2.75, 3.05) is 17.7 Å². The lowest BCUT2D eigenvalue weighted by atomic mass is 10.3. The Hall–Kier alpha value is -1.76. The molecular weight excluding hydrogens is 355 g/mol. The monoisotopic (exact) mass is 368 g/mol. The third kappa shape index (κ3) is 4.44. The number of halogens is 1. The van der Waals surface area contributed by atoms with E-state index >= 15 is 0 Å². The van der Waals surface area contributed by atoms with Gasteiger partial charge in [-0.15, -0.1) is 0 Å². The van der Waals surface area contributed by atoms with Gasteiger partial charge < -0.3 is 15.8 Å². The van der Waals surface area contributed by atoms with Crippen LogP contribution in [0.5, 0.6) is 5.75 Å². The minimum absolute atomic E-state index is 0.0228. The van der Waals surface area contributed by atoms with Gasteiger partial charge in [-0.3, -0.25) is 4.79 Å². The van der Waals surface area contributed by atoms with Crippen molar-refractivity contribution in [1.29, 1.82) is 0 Å². The highest BCUT2D eigenvalue weighted by Crippen LogP contribution is 2.14. The summed E-state index contributed by atoms with van der Waals surface area (Å²) >= 11 is 2.21. The van der Waals surface area contributed by atoms with Crippen molar-refractivity contribution in [1.82, 2.24) is 0 Å². The SMILES string of the molecule is Nc1ccc(NC(=O)COc2ccc(I)cc2)cc1. The Morgan fingerprint density at radius 3 is 2.37 bits per heavy atom. The third-order valence-electron chi connectivity index (χ3n) is 2.38. The predicted octanol–water partition coefficient (Wildman–Crippen LogP) is 2.89. The Bertz CT molecular complexity index is 553. The second-order valence-corrected chi connectivity index (χ2v) is 5.16. The van der Waals surface area contributed by atoms with Crippen LogP contribution in [0.1, 0.15) is 0 Å². The molecule has 0 atom stereocenters. The molecule has 4 nitrogen and oxygen atoms in total. The van der Waals surface area contributed by atoms with E-state index in [0.717, 1.165) is 3.57 Å². The molecule has 0 heterocycles. The molecular formula is C14H13IN2O2. The third-order valence-corrected chi connectivity index (χ3v) is 3.10. The predicted molar refractivity (Wildman–Crippen MR) is 84.1 cm³/mol. The van der Waals surface area contributed by atoms with Gasteiger partial charge in [0.1, 0.15) is 5.75 Å². The number of nitrogen functional groups attached to an aromatic ring is 1. The molecule has 0 saturated carbocycles. The topological polar surface area (TPSA) is 64.3 Å². The van der Waals surface area contributed by atoms with E-state index in [1.807, 2.05) is 24.3 Å². The van der Waals surface area contributed by atoms with Gasteiger partial charge in [0, 0.05) is 14.9 Å². The van der Waals surface area contributed by atoms with Crippen LogP contribution in [0, 0.1) is 3.57 Å². The number of hydrogen-bond donors (Lipinski definition) is 2. The summed E-state index contributed by atoms with van der Waals surface area (Å²) in [5.41, 5.74) is 6.93. The summed E-state index contributed by atoms with van der Waals surface area (Å²) in [6.45, 7) is -0.0228. The quantitative estimate of drug-likeness (QED) is 0.645. The first-order valence-electron chi connectivity index (χ1n) is 5.67. The van der Waals surface area contributed by atoms with Gasteiger partial charge in [0.25, 0.3) is 5.91 Å². The Labute approximate surface area is 125 Å².